The van der Waals surface area contributed by atoms with Crippen molar-refractivity contribution >= 4 is 0 Å². The Bertz CT molecular complexity index is 338. The van der Waals surface area contributed by atoms with Gasteiger partial charge in [0.25, 0.3) is 0 Å². The van der Waals surface area contributed by atoms with Crippen LogP contribution >= 0.6 is 0 Å². The van der Waals surface area contributed by atoms with E-state index in [1.807, 2.05) is 19.1 Å². The molecule has 0 aromatic heterocycles. The maximum atomic E-state index is 5.53. The third-order valence-electron chi connectivity index (χ3n) is 2.21. The first kappa shape index (κ1) is 9.30. The van der Waals surface area contributed by atoms with Gasteiger partial charge in [0.2, 0.25) is 0 Å². The highest BCUT2D eigenvalue weighted by Gasteiger charge is 2.17. The maximum absolute atomic E-state index is 5.53. The molecule has 0 amide bonds. The number of hydrogen-bond acceptors (Lipinski definition) is 4. The summed E-state index contributed by atoms with van der Waals surface area (Å²) in [5.74, 6) is 6.61. The van der Waals surface area contributed by atoms with E-state index < -0.39 is 0 Å². The maximum Gasteiger partial charge on any atom is 0.167 e. The Labute approximate surface area is 82.5 Å². The highest BCUT2D eigenvalue weighted by molar-refractivity contribution is 5.52. The van der Waals surface area contributed by atoms with Gasteiger partial charge in [-0.3, -0.25) is 4.84 Å². The molecule has 0 unspecified atom stereocenters. The predicted molar refractivity (Wildman–Crippen MR) is 51.1 cm³/mol. The third-order valence-corrected chi connectivity index (χ3v) is 2.21. The van der Waals surface area contributed by atoms with Crippen molar-refractivity contribution in [3.05, 3.63) is 23.3 Å². The second kappa shape index (κ2) is 3.86. The molecule has 4 nitrogen and oxygen atoms in total. The Kier molecular flexibility index (Phi) is 2.56. The second-order valence-corrected chi connectivity index (χ2v) is 3.21. The molecule has 0 radical (unpaired) electrons. The molecule has 0 bridgehead atoms. The standard InChI is InChI=1S/C10H13NO3/c1-7-2-3-8(6-14-11)10-9(7)12-4-5-13-10/h2-3H,4-6,11H2,1H3. The number of fused-ring (bicyclic) bond motifs is 1. The van der Waals surface area contributed by atoms with Crippen LogP contribution in [0.4, 0.5) is 0 Å². The lowest BCUT2D eigenvalue weighted by Crippen LogP contribution is -2.18. The summed E-state index contributed by atoms with van der Waals surface area (Å²) in [5.41, 5.74) is 1.99. The van der Waals surface area contributed by atoms with Crippen molar-refractivity contribution < 1.29 is 14.3 Å². The summed E-state index contributed by atoms with van der Waals surface area (Å²) >= 11 is 0. The fourth-order valence-corrected chi connectivity index (χ4v) is 1.53. The van der Waals surface area contributed by atoms with Crippen LogP contribution in [0.3, 0.4) is 0 Å². The van der Waals surface area contributed by atoms with Gasteiger partial charge in [0.1, 0.15) is 13.2 Å². The lowest BCUT2D eigenvalue weighted by molar-refractivity contribution is 0.115. The van der Waals surface area contributed by atoms with E-state index in [9.17, 15) is 0 Å². The van der Waals surface area contributed by atoms with Crippen molar-refractivity contribution in [3.63, 3.8) is 0 Å². The summed E-state index contributed by atoms with van der Waals surface area (Å²) in [6.07, 6.45) is 0. The molecule has 1 aliphatic heterocycles. The van der Waals surface area contributed by atoms with Crippen molar-refractivity contribution in [3.8, 4) is 11.5 Å². The molecular weight excluding hydrogens is 182 g/mol. The van der Waals surface area contributed by atoms with E-state index in [-0.39, 0.29) is 0 Å². The molecule has 1 heterocycles. The van der Waals surface area contributed by atoms with Gasteiger partial charge >= 0.3 is 0 Å². The van der Waals surface area contributed by atoms with Gasteiger partial charge in [-0.05, 0) is 12.5 Å². The van der Waals surface area contributed by atoms with Crippen LogP contribution in [0.2, 0.25) is 0 Å². The zero-order valence-corrected chi connectivity index (χ0v) is 8.08. The van der Waals surface area contributed by atoms with Gasteiger partial charge in [-0.1, -0.05) is 12.1 Å². The molecule has 1 aromatic carbocycles. The van der Waals surface area contributed by atoms with E-state index >= 15 is 0 Å². The Hall–Kier alpha value is -1.26. The van der Waals surface area contributed by atoms with E-state index in [2.05, 4.69) is 4.84 Å². The average molecular weight is 195 g/mol. The molecule has 0 fully saturated rings. The molecule has 4 heteroatoms. The van der Waals surface area contributed by atoms with E-state index in [4.69, 9.17) is 15.4 Å². The first-order valence-corrected chi connectivity index (χ1v) is 4.52. The molecular formula is C10H13NO3. The number of ether oxygens (including phenoxy) is 2. The number of hydrogen-bond donors (Lipinski definition) is 1. The number of aryl methyl sites for hydroxylation is 1. The smallest absolute Gasteiger partial charge is 0.167 e. The first-order chi connectivity index (χ1) is 6.83. The summed E-state index contributed by atoms with van der Waals surface area (Å²) < 4.78 is 11.0. The SMILES string of the molecule is Cc1ccc(CON)c2c1OCCO2. The second-order valence-electron chi connectivity index (χ2n) is 3.21. The van der Waals surface area contributed by atoms with Gasteiger partial charge in [0.15, 0.2) is 11.5 Å². The lowest BCUT2D eigenvalue weighted by atomic mass is 10.1. The monoisotopic (exact) mass is 195 g/mol. The molecule has 14 heavy (non-hydrogen) atoms. The fraction of sp³-hybridized carbons (Fsp3) is 0.400. The predicted octanol–water partition coefficient (Wildman–Crippen LogP) is 1.16. The number of nitrogens with two attached hydrogens (primary N) is 1. The summed E-state index contributed by atoms with van der Waals surface area (Å²) in [6, 6.07) is 3.91. The van der Waals surface area contributed by atoms with Gasteiger partial charge in [0, 0.05) is 5.56 Å². The Morgan fingerprint density at radius 2 is 2.00 bits per heavy atom. The van der Waals surface area contributed by atoms with Crippen molar-refractivity contribution in [1.82, 2.24) is 0 Å². The quantitative estimate of drug-likeness (QED) is 0.719. The van der Waals surface area contributed by atoms with Crippen LogP contribution in [0.15, 0.2) is 12.1 Å². The minimum atomic E-state index is 0.339. The van der Waals surface area contributed by atoms with Crippen LogP contribution in [-0.4, -0.2) is 13.2 Å². The topological polar surface area (TPSA) is 53.7 Å². The van der Waals surface area contributed by atoms with Crippen LogP contribution in [-0.2, 0) is 11.4 Å². The summed E-state index contributed by atoms with van der Waals surface area (Å²) in [7, 11) is 0. The zero-order chi connectivity index (χ0) is 9.97. The van der Waals surface area contributed by atoms with E-state index in [0.29, 0.717) is 19.8 Å². The van der Waals surface area contributed by atoms with E-state index in [0.717, 1.165) is 22.6 Å². The molecule has 1 aliphatic rings. The van der Waals surface area contributed by atoms with Gasteiger partial charge < -0.3 is 9.47 Å². The van der Waals surface area contributed by atoms with Crippen LogP contribution in [0.5, 0.6) is 11.5 Å². The number of rotatable bonds is 2. The summed E-state index contributed by atoms with van der Waals surface area (Å²) in [5, 5.41) is 0. The summed E-state index contributed by atoms with van der Waals surface area (Å²) in [6.45, 7) is 3.50. The fourth-order valence-electron chi connectivity index (χ4n) is 1.53. The number of benzene rings is 1. The summed E-state index contributed by atoms with van der Waals surface area (Å²) in [4.78, 5) is 4.60. The van der Waals surface area contributed by atoms with E-state index in [1.165, 1.54) is 0 Å². The molecule has 0 aliphatic carbocycles. The first-order valence-electron chi connectivity index (χ1n) is 4.52. The zero-order valence-electron chi connectivity index (χ0n) is 8.08. The molecule has 76 valence electrons. The minimum absolute atomic E-state index is 0.339. The van der Waals surface area contributed by atoms with Gasteiger partial charge in [-0.2, -0.15) is 0 Å². The Balaban J connectivity index is 2.42. The Morgan fingerprint density at radius 1 is 1.29 bits per heavy atom. The molecule has 0 atom stereocenters. The van der Waals surface area contributed by atoms with Crippen molar-refractivity contribution in [2.75, 3.05) is 13.2 Å². The average Bonchev–Trinajstić information content (AvgIpc) is 2.23. The molecule has 1 aromatic rings. The van der Waals surface area contributed by atoms with Crippen LogP contribution < -0.4 is 15.4 Å². The highest BCUT2D eigenvalue weighted by atomic mass is 16.6. The minimum Gasteiger partial charge on any atom is -0.486 e. The Morgan fingerprint density at radius 3 is 2.71 bits per heavy atom. The van der Waals surface area contributed by atoms with Gasteiger partial charge in [-0.25, -0.2) is 5.90 Å². The molecule has 0 saturated carbocycles. The van der Waals surface area contributed by atoms with Gasteiger partial charge in [0.05, 0.1) is 6.61 Å². The van der Waals surface area contributed by atoms with Crippen molar-refractivity contribution in [2.24, 2.45) is 5.90 Å². The highest BCUT2D eigenvalue weighted by Crippen LogP contribution is 2.36. The largest absolute Gasteiger partial charge is 0.486 e. The van der Waals surface area contributed by atoms with Gasteiger partial charge in [-0.15, -0.1) is 0 Å². The molecule has 0 saturated heterocycles. The van der Waals surface area contributed by atoms with Crippen LogP contribution in [0, 0.1) is 6.92 Å². The third kappa shape index (κ3) is 1.54. The molecule has 0 spiro atoms. The van der Waals surface area contributed by atoms with E-state index in [1.54, 1.807) is 0 Å². The normalized spacial score (nSPS) is 14.1. The van der Waals surface area contributed by atoms with Crippen LogP contribution in [0.1, 0.15) is 11.1 Å². The molecule has 2 rings (SSSR count). The molecule has 2 N–H and O–H groups in total. The van der Waals surface area contributed by atoms with Crippen LogP contribution in [0.25, 0.3) is 0 Å². The van der Waals surface area contributed by atoms with Crippen molar-refractivity contribution in [2.45, 2.75) is 13.5 Å². The van der Waals surface area contributed by atoms with Crippen molar-refractivity contribution in [1.29, 1.82) is 0 Å². The lowest BCUT2D eigenvalue weighted by Gasteiger charge is -2.22.